The SMILES string of the molecule is CC#N.CC(C)=O.CCOCC.CN(c1ccc(C(=O)/C=C(\[O-])C(F)(F)F)cc1)c1ccc(C(=O)/C=C(\[O-])C(F)(F)F)cc1.CN(c1ccc(C(=O)/C=C(\[O-])C(F)(F)F)cc1)c1ccc(C(=O)/C=C(\[O-])C(F)(F)F)cc1.CN(c1ccc(C(=O)/C=C(\[O-])C(F)(F)F)cc1)c1ccc(C(=O)/C=C(\[O-])C(F)(F)F)cc1.[Dy+3].[Dy+3].c1cnc2c(c1)ccc1cccnc12.c1cnc2c(c1)ccc1cccnc12. The number of halogens is 18. The molecule has 0 bridgehead atoms. The number of pyridine rings is 4. The summed E-state index contributed by atoms with van der Waals surface area (Å²) < 4.78 is 225. The van der Waals surface area contributed by atoms with Crippen molar-refractivity contribution in [1.82, 2.24) is 19.9 Å². The van der Waals surface area contributed by atoms with Gasteiger partial charge in [0.15, 0.2) is 34.7 Å². The minimum atomic E-state index is -5.15. The van der Waals surface area contributed by atoms with Crippen LogP contribution in [0, 0.1) is 87.7 Å². The second kappa shape index (κ2) is 54.4. The van der Waals surface area contributed by atoms with Gasteiger partial charge in [0.25, 0.3) is 0 Å². The van der Waals surface area contributed by atoms with Crippen molar-refractivity contribution in [2.24, 2.45) is 0 Å². The number of ether oxygens (including phenoxy) is 1. The van der Waals surface area contributed by atoms with Gasteiger partial charge in [0.1, 0.15) is 5.78 Å². The third-order valence-corrected chi connectivity index (χ3v) is 17.6. The summed E-state index contributed by atoms with van der Waals surface area (Å²) in [7, 11) is 4.73. The molecular formula is C96H74Dy2F18N8O14. The van der Waals surface area contributed by atoms with Crippen LogP contribution in [0.25, 0.3) is 43.6 Å². The van der Waals surface area contributed by atoms with Gasteiger partial charge in [-0.3, -0.25) is 48.7 Å². The number of Topliss-reactive ketones (excluding diaryl/α,β-unsaturated/α-hetero) is 1. The molecule has 138 heavy (non-hydrogen) atoms. The molecule has 0 aliphatic carbocycles. The molecule has 0 aliphatic rings. The largest absolute Gasteiger partial charge is 3.00 e. The first-order valence-corrected chi connectivity index (χ1v) is 38.9. The van der Waals surface area contributed by atoms with E-state index in [4.69, 9.17) is 10.00 Å². The Labute approximate surface area is 835 Å². The van der Waals surface area contributed by atoms with Crippen LogP contribution in [-0.2, 0) is 9.53 Å². The molecule has 0 fully saturated rings. The van der Waals surface area contributed by atoms with Crippen molar-refractivity contribution in [3.05, 3.63) is 348 Å². The van der Waals surface area contributed by atoms with Gasteiger partial charge in [0.2, 0.25) is 0 Å². The van der Waals surface area contributed by atoms with Crippen LogP contribution in [0.1, 0.15) is 96.8 Å². The monoisotopic (exact) mass is 2230 g/mol. The Morgan fingerprint density at radius 1 is 0.297 bits per heavy atom. The smallest absolute Gasteiger partial charge is 0.869 e. The number of carbonyl (C=O) groups is 7. The zero-order valence-electron chi connectivity index (χ0n) is 72.7. The topological polar surface area (TPSA) is 352 Å². The van der Waals surface area contributed by atoms with Crippen molar-refractivity contribution >= 4 is 118 Å². The first kappa shape index (κ1) is 119. The Kier molecular flexibility index (Phi) is 46.8. The number of nitriles is 1. The summed E-state index contributed by atoms with van der Waals surface area (Å²) in [4.78, 5) is 102. The molecule has 2 radical (unpaired) electrons. The number of ketones is 7. The van der Waals surface area contributed by atoms with E-state index in [2.05, 4.69) is 68.5 Å². The van der Waals surface area contributed by atoms with Gasteiger partial charge in [-0.15, -0.1) is 0 Å². The van der Waals surface area contributed by atoms with Crippen molar-refractivity contribution in [2.75, 3.05) is 49.1 Å². The summed E-state index contributed by atoms with van der Waals surface area (Å²) in [6.07, 6.45) is -24.0. The molecule has 0 N–H and O–H groups in total. The van der Waals surface area contributed by atoms with Crippen molar-refractivity contribution in [3.63, 3.8) is 0 Å². The Bertz CT molecular complexity index is 5490. The van der Waals surface area contributed by atoms with E-state index < -0.39 is 106 Å². The van der Waals surface area contributed by atoms with E-state index in [1.54, 1.807) is 66.7 Å². The number of anilines is 6. The van der Waals surface area contributed by atoms with E-state index in [-0.39, 0.29) is 152 Å². The van der Waals surface area contributed by atoms with Crippen molar-refractivity contribution in [1.29, 1.82) is 5.26 Å². The van der Waals surface area contributed by atoms with E-state index in [0.717, 1.165) is 56.8 Å². The quantitative estimate of drug-likeness (QED) is 0.0225. The Morgan fingerprint density at radius 2 is 0.428 bits per heavy atom. The molecule has 0 spiro atoms. The number of hydrogen-bond donors (Lipinski definition) is 0. The molecule has 0 aliphatic heterocycles. The summed E-state index contributed by atoms with van der Waals surface area (Å²) in [5.41, 5.74) is 5.87. The van der Waals surface area contributed by atoms with Crippen LogP contribution in [-0.4, -0.2) is 132 Å². The summed E-state index contributed by atoms with van der Waals surface area (Å²) in [5.74, 6) is -20.2. The molecule has 0 saturated carbocycles. The number of allylic oxidation sites excluding steroid dienone is 12. The van der Waals surface area contributed by atoms with Crippen LogP contribution >= 0.6 is 0 Å². The maximum atomic E-state index is 12.2. The number of aromatic nitrogens is 4. The Balaban J connectivity index is 0.000000441. The van der Waals surface area contributed by atoms with Crippen LogP contribution in [0.2, 0.25) is 0 Å². The zero-order valence-corrected chi connectivity index (χ0v) is 76.8. The van der Waals surface area contributed by atoms with Crippen LogP contribution in [0.3, 0.4) is 0 Å². The first-order valence-electron chi connectivity index (χ1n) is 38.9. The minimum absolute atomic E-state index is 0. The van der Waals surface area contributed by atoms with Crippen molar-refractivity contribution in [2.45, 2.75) is 71.7 Å². The van der Waals surface area contributed by atoms with E-state index >= 15 is 0 Å². The van der Waals surface area contributed by atoms with Gasteiger partial charge in [-0.2, -0.15) is 84.3 Å². The standard InChI is InChI=1S/3C21H15F6NO4.2C12H8N2.C4H10O.C3H6O.C2H3N.2Dy/c3*1-28(14-6-2-12(3-7-14)16(29)10-18(31)20(22,23)24)15-8-4-13(5-9-15)17(30)11-19(32)21(25,26)27;2*1-3-9-5-6-10-4-2-8-14-12(10)11(9)13-7-1;1-3-5-4-2;1-3(2)4;1-2-3;;/h3*2-11,31-32H,1H3;2*1-8H;3-4H2,1-2H3;1-2H3;1H3;;/q;;;;;;;;2*+3/p-6/b3*18-10-,19-11-;;;;;;;. The maximum absolute atomic E-state index is 12.2. The number of hydrogen-bond acceptors (Lipinski definition) is 22. The molecule has 4 heterocycles. The van der Waals surface area contributed by atoms with Gasteiger partial charge in [-0.1, -0.05) is 48.5 Å². The summed E-state index contributed by atoms with van der Waals surface area (Å²) in [6, 6.07) is 57.3. The van der Waals surface area contributed by atoms with E-state index in [1.165, 1.54) is 166 Å². The van der Waals surface area contributed by atoms with Gasteiger partial charge in [0.05, 0.1) is 28.1 Å². The second-order valence-electron chi connectivity index (χ2n) is 27.5. The number of carbonyl (C=O) groups excluding carboxylic acids is 7. The van der Waals surface area contributed by atoms with Crippen LogP contribution in [0.15, 0.2) is 314 Å². The molecule has 0 unspecified atom stereocenters. The molecule has 4 aromatic heterocycles. The molecule has 0 saturated heterocycles. The first-order chi connectivity index (χ1) is 63.5. The maximum Gasteiger partial charge on any atom is 3.00 e. The molecule has 0 amide bonds. The van der Waals surface area contributed by atoms with E-state index in [1.807, 2.05) is 38.1 Å². The van der Waals surface area contributed by atoms with Gasteiger partial charge in [-0.25, -0.2) is 0 Å². The Hall–Kier alpha value is -13.5. The van der Waals surface area contributed by atoms with E-state index in [9.17, 15) is 143 Å². The minimum Gasteiger partial charge on any atom is -0.869 e. The molecule has 42 heteroatoms. The number of benzene rings is 8. The van der Waals surface area contributed by atoms with Crippen LogP contribution in [0.5, 0.6) is 0 Å². The average molecular weight is 2230 g/mol. The fraction of sp³-hybridized carbons (Fsp3) is 0.167. The predicted molar refractivity (Wildman–Crippen MR) is 458 cm³/mol. The second-order valence-corrected chi connectivity index (χ2v) is 27.5. The molecule has 728 valence electrons. The van der Waals surface area contributed by atoms with Crippen LogP contribution < -0.4 is 45.3 Å². The third-order valence-electron chi connectivity index (χ3n) is 17.6. The number of alkyl halides is 18. The molecular weight excluding hydrogens is 2160 g/mol. The van der Waals surface area contributed by atoms with Crippen molar-refractivity contribution in [3.8, 4) is 6.07 Å². The van der Waals surface area contributed by atoms with Crippen molar-refractivity contribution < 1.29 is 224 Å². The Morgan fingerprint density at radius 3 is 0.536 bits per heavy atom. The summed E-state index contributed by atoms with van der Waals surface area (Å²) in [6.45, 7) is 10.2. The average Bonchev–Trinajstić information content (AvgIpc) is 0.797. The van der Waals surface area contributed by atoms with Gasteiger partial charge < -0.3 is 54.9 Å². The molecule has 12 aromatic rings. The molecule has 12 rings (SSSR count). The number of nitrogens with zero attached hydrogens (tertiary/aromatic N) is 8. The summed E-state index contributed by atoms with van der Waals surface area (Å²) >= 11 is 0. The van der Waals surface area contributed by atoms with E-state index in [0.29, 0.717) is 34.1 Å². The van der Waals surface area contributed by atoms with Crippen LogP contribution in [0.4, 0.5) is 113 Å². The third kappa shape index (κ3) is 37.9. The normalized spacial score (nSPS) is 11.9. The van der Waals surface area contributed by atoms with Gasteiger partial charge in [-0.05, 0) is 269 Å². The predicted octanol–water partition coefficient (Wildman–Crippen LogP) is 18.0. The molecule has 22 nitrogen and oxygen atoms in total. The van der Waals surface area contributed by atoms with Gasteiger partial charge in [0, 0.05) is 155 Å². The fourth-order valence-electron chi connectivity index (χ4n) is 10.8. The molecule has 0 atom stereocenters. The fourth-order valence-corrected chi connectivity index (χ4v) is 10.8. The zero-order chi connectivity index (χ0) is 102. The van der Waals surface area contributed by atoms with Gasteiger partial charge >= 0.3 is 113 Å². The molecule has 8 aromatic carbocycles. The number of rotatable bonds is 20. The summed E-state index contributed by atoms with van der Waals surface area (Å²) in [5, 5.41) is 77.2. The number of fused-ring (bicyclic) bond motifs is 6.